The number of carbonyl (C=O) groups excluding carboxylic acids is 1. The molecule has 6 heteroatoms. The zero-order valence-corrected chi connectivity index (χ0v) is 10.6. The molecule has 1 aromatic carbocycles. The molecule has 102 valence electrons. The molecular formula is C13H17N3O3. The van der Waals surface area contributed by atoms with Crippen LogP contribution >= 0.6 is 0 Å². The van der Waals surface area contributed by atoms with Crippen LogP contribution < -0.4 is 10.6 Å². The van der Waals surface area contributed by atoms with Gasteiger partial charge in [0.2, 0.25) is 0 Å². The highest BCUT2D eigenvalue weighted by Crippen LogP contribution is 2.26. The molecule has 0 atom stereocenters. The Labute approximate surface area is 111 Å². The van der Waals surface area contributed by atoms with E-state index in [0.29, 0.717) is 17.8 Å². The van der Waals surface area contributed by atoms with E-state index in [9.17, 15) is 14.9 Å². The Balaban J connectivity index is 2.30. The summed E-state index contributed by atoms with van der Waals surface area (Å²) in [6, 6.07) is 4.60. The summed E-state index contributed by atoms with van der Waals surface area (Å²) in [5, 5.41) is 17.2. The number of nitro benzene ring substituents is 1. The minimum atomic E-state index is -0.452. The van der Waals surface area contributed by atoms with Gasteiger partial charge in [0, 0.05) is 18.2 Å². The lowest BCUT2D eigenvalue weighted by molar-refractivity contribution is -0.384. The summed E-state index contributed by atoms with van der Waals surface area (Å²) >= 11 is 0. The van der Waals surface area contributed by atoms with Gasteiger partial charge in [-0.2, -0.15) is 0 Å². The zero-order valence-electron chi connectivity index (χ0n) is 10.6. The number of hydrogen-bond donors (Lipinski definition) is 2. The second-order valence-electron chi connectivity index (χ2n) is 4.58. The summed E-state index contributed by atoms with van der Waals surface area (Å²) < 4.78 is 0. The lowest BCUT2D eigenvalue weighted by atomic mass is 10.1. The van der Waals surface area contributed by atoms with Crippen LogP contribution in [0.4, 0.5) is 11.4 Å². The minimum absolute atomic E-state index is 0.0369. The third kappa shape index (κ3) is 3.51. The highest BCUT2D eigenvalue weighted by Gasteiger charge is 2.17. The molecular weight excluding hydrogens is 246 g/mol. The Morgan fingerprint density at radius 3 is 2.74 bits per heavy atom. The predicted octanol–water partition coefficient (Wildman–Crippen LogP) is 1.96. The number of carbonyl (C=O) groups is 1. The van der Waals surface area contributed by atoms with Crippen LogP contribution in [-0.2, 0) is 0 Å². The molecule has 2 aliphatic rings. The zero-order chi connectivity index (χ0) is 13.7. The minimum Gasteiger partial charge on any atom is -0.379 e. The second-order valence-corrected chi connectivity index (χ2v) is 4.58. The predicted molar refractivity (Wildman–Crippen MR) is 72.6 cm³/mol. The number of fused-ring (bicyclic) bond motifs is 10. The van der Waals surface area contributed by atoms with E-state index in [2.05, 4.69) is 10.6 Å². The van der Waals surface area contributed by atoms with Crippen molar-refractivity contribution < 1.29 is 9.72 Å². The summed E-state index contributed by atoms with van der Waals surface area (Å²) in [5.41, 5.74) is 0.822. The molecule has 2 heterocycles. The number of nitro groups is 1. The topological polar surface area (TPSA) is 84.3 Å². The number of benzene rings is 1. The van der Waals surface area contributed by atoms with Gasteiger partial charge in [-0.05, 0) is 31.5 Å². The highest BCUT2D eigenvalue weighted by molar-refractivity contribution is 5.98. The van der Waals surface area contributed by atoms with Gasteiger partial charge in [0.05, 0.1) is 11.5 Å². The average Bonchev–Trinajstić information content (AvgIpc) is 2.43. The van der Waals surface area contributed by atoms with E-state index < -0.39 is 4.92 Å². The van der Waals surface area contributed by atoms with Crippen LogP contribution in [0.15, 0.2) is 18.2 Å². The number of Topliss-reactive ketones (excluding diaryl/α,β-unsaturated/α-hetero) is 1. The first-order valence-corrected chi connectivity index (χ1v) is 6.45. The molecule has 0 fully saturated rings. The molecule has 6 nitrogen and oxygen atoms in total. The first-order chi connectivity index (χ1) is 9.18. The molecule has 0 aliphatic carbocycles. The number of ketones is 1. The fourth-order valence-electron chi connectivity index (χ4n) is 2.08. The van der Waals surface area contributed by atoms with Gasteiger partial charge in [0.25, 0.3) is 5.69 Å². The van der Waals surface area contributed by atoms with Crippen molar-refractivity contribution in [2.45, 2.75) is 19.3 Å². The molecule has 0 unspecified atom stereocenters. The Bertz CT molecular complexity index is 488. The molecule has 2 bridgehead atoms. The summed E-state index contributed by atoms with van der Waals surface area (Å²) in [6.45, 7) is 1.73. The molecule has 1 aromatic rings. The monoisotopic (exact) mass is 263 g/mol. The Morgan fingerprint density at radius 1 is 1.16 bits per heavy atom. The van der Waals surface area contributed by atoms with Gasteiger partial charge in [-0.15, -0.1) is 0 Å². The van der Waals surface area contributed by atoms with Crippen LogP contribution in [0.2, 0.25) is 0 Å². The molecule has 0 saturated carbocycles. The molecule has 0 spiro atoms. The van der Waals surface area contributed by atoms with Crippen LogP contribution in [0.25, 0.3) is 0 Å². The Morgan fingerprint density at radius 2 is 1.95 bits per heavy atom. The normalized spacial score (nSPS) is 16.9. The lowest BCUT2D eigenvalue weighted by Gasteiger charge is -2.07. The molecule has 0 saturated heterocycles. The highest BCUT2D eigenvalue weighted by atomic mass is 16.6. The van der Waals surface area contributed by atoms with Crippen molar-refractivity contribution in [1.29, 1.82) is 0 Å². The molecule has 2 N–H and O–H groups in total. The van der Waals surface area contributed by atoms with E-state index in [1.807, 2.05) is 0 Å². The first kappa shape index (κ1) is 13.5. The molecule has 0 amide bonds. The van der Waals surface area contributed by atoms with Gasteiger partial charge < -0.3 is 10.6 Å². The van der Waals surface area contributed by atoms with E-state index in [1.54, 1.807) is 12.1 Å². The maximum absolute atomic E-state index is 11.9. The van der Waals surface area contributed by atoms with Crippen LogP contribution in [0.3, 0.4) is 0 Å². The van der Waals surface area contributed by atoms with Crippen LogP contribution in [0.5, 0.6) is 0 Å². The maximum atomic E-state index is 11.9. The van der Waals surface area contributed by atoms with Gasteiger partial charge in [-0.1, -0.05) is 6.42 Å². The number of anilines is 1. The summed E-state index contributed by atoms with van der Waals surface area (Å²) in [4.78, 5) is 22.5. The third-order valence-electron chi connectivity index (χ3n) is 3.15. The SMILES string of the molecule is O=C1CNCCCCCNc2ccc1cc2[N+](=O)[O-]. The maximum Gasteiger partial charge on any atom is 0.293 e. The summed E-state index contributed by atoms with van der Waals surface area (Å²) in [7, 11) is 0. The standard InChI is InChI=1S/C13H17N3O3/c17-13-9-14-6-2-1-3-7-15-11-5-4-10(13)8-12(11)16(18)19/h4-5,8,14-15H,1-3,6-7,9H2. The quantitative estimate of drug-likeness (QED) is 0.597. The lowest BCUT2D eigenvalue weighted by Crippen LogP contribution is -2.24. The number of hydrogen-bond acceptors (Lipinski definition) is 5. The number of nitrogens with zero attached hydrogens (tertiary/aromatic N) is 1. The van der Waals surface area contributed by atoms with Gasteiger partial charge >= 0.3 is 0 Å². The Kier molecular flexibility index (Phi) is 4.46. The third-order valence-corrected chi connectivity index (χ3v) is 3.15. The second kappa shape index (κ2) is 6.29. The van der Waals surface area contributed by atoms with Crippen molar-refractivity contribution in [3.05, 3.63) is 33.9 Å². The molecule has 19 heavy (non-hydrogen) atoms. The van der Waals surface area contributed by atoms with E-state index in [1.165, 1.54) is 6.07 Å². The van der Waals surface area contributed by atoms with Crippen LogP contribution in [-0.4, -0.2) is 30.3 Å². The smallest absolute Gasteiger partial charge is 0.293 e. The summed E-state index contributed by atoms with van der Waals surface area (Å²) in [5.74, 6) is -0.117. The molecule has 0 radical (unpaired) electrons. The van der Waals surface area contributed by atoms with Crippen molar-refractivity contribution in [2.24, 2.45) is 0 Å². The molecule has 3 rings (SSSR count). The van der Waals surface area contributed by atoms with Crippen molar-refractivity contribution >= 4 is 17.2 Å². The van der Waals surface area contributed by atoms with Crippen LogP contribution in [0.1, 0.15) is 29.6 Å². The van der Waals surface area contributed by atoms with E-state index >= 15 is 0 Å². The number of rotatable bonds is 1. The van der Waals surface area contributed by atoms with Crippen molar-refractivity contribution in [1.82, 2.24) is 5.32 Å². The molecule has 2 aliphatic heterocycles. The largest absolute Gasteiger partial charge is 0.379 e. The van der Waals surface area contributed by atoms with Gasteiger partial charge in [0.1, 0.15) is 5.69 Å². The Hall–Kier alpha value is -1.95. The van der Waals surface area contributed by atoms with Crippen LogP contribution in [0, 0.1) is 10.1 Å². The van der Waals surface area contributed by atoms with Gasteiger partial charge in [-0.25, -0.2) is 0 Å². The fraction of sp³-hybridized carbons (Fsp3) is 0.462. The average molecular weight is 263 g/mol. The van der Waals surface area contributed by atoms with E-state index in [0.717, 1.165) is 25.8 Å². The first-order valence-electron chi connectivity index (χ1n) is 6.45. The van der Waals surface area contributed by atoms with E-state index in [-0.39, 0.29) is 18.0 Å². The van der Waals surface area contributed by atoms with Crippen molar-refractivity contribution in [3.63, 3.8) is 0 Å². The fourth-order valence-corrected chi connectivity index (χ4v) is 2.08. The summed E-state index contributed by atoms with van der Waals surface area (Å²) in [6.07, 6.45) is 2.98. The van der Waals surface area contributed by atoms with Gasteiger partial charge in [0.15, 0.2) is 5.78 Å². The van der Waals surface area contributed by atoms with Crippen molar-refractivity contribution in [3.8, 4) is 0 Å². The molecule has 0 aromatic heterocycles. The van der Waals surface area contributed by atoms with E-state index in [4.69, 9.17) is 0 Å². The number of nitrogens with one attached hydrogen (secondary N) is 2. The van der Waals surface area contributed by atoms with Gasteiger partial charge in [-0.3, -0.25) is 14.9 Å². The van der Waals surface area contributed by atoms with Crippen molar-refractivity contribution in [2.75, 3.05) is 25.0 Å².